The number of aromatic nitrogens is 1. The average Bonchev–Trinajstić information content (AvgIpc) is 3.27. The highest BCUT2D eigenvalue weighted by molar-refractivity contribution is 7.01. The van der Waals surface area contributed by atoms with Crippen LogP contribution in [-0.4, -0.2) is 11.3 Å². The standard InChI is InChI=1S/C25H13BN2/c27-14-15-6-3-9-18-19-10-4-12-21-25(19)28(24(15)18)22-13-5-8-17-16-7-1-2-11-20(16)26(21)23(17)22/h1-13H. The molecule has 3 heterocycles. The second-order valence-electron chi connectivity index (χ2n) is 7.65. The largest absolute Gasteiger partial charge is 0.309 e. The van der Waals surface area contributed by atoms with Crippen molar-refractivity contribution in [2.45, 2.75) is 0 Å². The first kappa shape index (κ1) is 14.3. The maximum absolute atomic E-state index is 9.81. The lowest BCUT2D eigenvalue weighted by atomic mass is 9.37. The first-order valence-electron chi connectivity index (χ1n) is 9.57. The van der Waals surface area contributed by atoms with Crippen LogP contribution in [0.3, 0.4) is 0 Å². The molecule has 0 fully saturated rings. The molecular formula is C25H13BN2. The van der Waals surface area contributed by atoms with Crippen LogP contribution in [0, 0.1) is 11.3 Å². The Morgan fingerprint density at radius 3 is 2.29 bits per heavy atom. The van der Waals surface area contributed by atoms with Crippen LogP contribution in [0.15, 0.2) is 78.9 Å². The smallest absolute Gasteiger partial charge is 0.248 e. The molecule has 0 unspecified atom stereocenters. The Labute approximate surface area is 162 Å². The molecule has 3 heteroatoms. The minimum atomic E-state index is 0.258. The van der Waals surface area contributed by atoms with Gasteiger partial charge >= 0.3 is 0 Å². The molecule has 2 aliphatic heterocycles. The van der Waals surface area contributed by atoms with E-state index >= 15 is 0 Å². The SMILES string of the molecule is N#Cc1cccc2c3cccc4c3n(c12)-c1cccc2c1B4c1ccccc1-2. The third kappa shape index (κ3) is 1.45. The van der Waals surface area contributed by atoms with Crippen LogP contribution in [-0.2, 0) is 0 Å². The number of benzene rings is 4. The normalized spacial score (nSPS) is 12.9. The third-order valence-corrected chi connectivity index (χ3v) is 6.45. The molecule has 0 N–H and O–H groups in total. The fraction of sp³-hybridized carbons (Fsp3) is 0. The van der Waals surface area contributed by atoms with Crippen LogP contribution in [0.4, 0.5) is 0 Å². The predicted molar refractivity (Wildman–Crippen MR) is 116 cm³/mol. The second kappa shape index (κ2) is 4.74. The van der Waals surface area contributed by atoms with Crippen LogP contribution in [0.1, 0.15) is 5.56 Å². The number of para-hydroxylation sites is 2. The van der Waals surface area contributed by atoms with E-state index < -0.39 is 0 Å². The summed E-state index contributed by atoms with van der Waals surface area (Å²) >= 11 is 0. The number of fused-ring (bicyclic) bond motifs is 8. The van der Waals surface area contributed by atoms with E-state index in [0.29, 0.717) is 0 Å². The first-order valence-corrected chi connectivity index (χ1v) is 9.57. The Kier molecular flexibility index (Phi) is 2.42. The van der Waals surface area contributed by atoms with E-state index in [0.717, 1.165) is 16.5 Å². The van der Waals surface area contributed by atoms with Crippen LogP contribution < -0.4 is 16.4 Å². The second-order valence-corrected chi connectivity index (χ2v) is 7.65. The summed E-state index contributed by atoms with van der Waals surface area (Å²) in [5, 5.41) is 12.2. The van der Waals surface area contributed by atoms with E-state index in [-0.39, 0.29) is 6.71 Å². The number of hydrogen-bond acceptors (Lipinski definition) is 1. The van der Waals surface area contributed by atoms with Crippen molar-refractivity contribution in [1.29, 1.82) is 5.26 Å². The molecule has 0 spiro atoms. The van der Waals surface area contributed by atoms with Crippen molar-refractivity contribution in [3.8, 4) is 22.9 Å². The summed E-state index contributed by atoms with van der Waals surface area (Å²) in [5.41, 5.74) is 10.9. The van der Waals surface area contributed by atoms with E-state index in [1.807, 2.05) is 12.1 Å². The van der Waals surface area contributed by atoms with Crippen LogP contribution in [0.5, 0.6) is 0 Å². The molecule has 1 aromatic heterocycles. The Bertz CT molecular complexity index is 1530. The quantitative estimate of drug-likeness (QED) is 0.384. The summed E-state index contributed by atoms with van der Waals surface area (Å²) in [4.78, 5) is 0. The summed E-state index contributed by atoms with van der Waals surface area (Å²) in [5.74, 6) is 0. The topological polar surface area (TPSA) is 28.7 Å². The molecule has 0 atom stereocenters. The van der Waals surface area contributed by atoms with Gasteiger partial charge in [0, 0.05) is 22.0 Å². The molecule has 0 bridgehead atoms. The highest BCUT2D eigenvalue weighted by Gasteiger charge is 2.40. The summed E-state index contributed by atoms with van der Waals surface area (Å²) in [7, 11) is 0. The molecule has 28 heavy (non-hydrogen) atoms. The summed E-state index contributed by atoms with van der Waals surface area (Å²) in [6, 6.07) is 30.4. The lowest BCUT2D eigenvalue weighted by Crippen LogP contribution is -2.53. The van der Waals surface area contributed by atoms with Crippen molar-refractivity contribution in [3.05, 3.63) is 84.4 Å². The Morgan fingerprint density at radius 1 is 0.679 bits per heavy atom. The summed E-state index contributed by atoms with van der Waals surface area (Å²) < 4.78 is 2.33. The molecule has 4 aromatic carbocycles. The zero-order chi connectivity index (χ0) is 18.4. The van der Waals surface area contributed by atoms with Gasteiger partial charge in [0.25, 0.3) is 0 Å². The van der Waals surface area contributed by atoms with Gasteiger partial charge in [-0.2, -0.15) is 5.26 Å². The van der Waals surface area contributed by atoms with Gasteiger partial charge in [0.2, 0.25) is 6.71 Å². The van der Waals surface area contributed by atoms with Crippen molar-refractivity contribution in [1.82, 2.24) is 4.57 Å². The average molecular weight is 352 g/mol. The van der Waals surface area contributed by atoms with Gasteiger partial charge in [0.15, 0.2) is 0 Å². The highest BCUT2D eigenvalue weighted by atomic mass is 15.0. The van der Waals surface area contributed by atoms with Crippen LogP contribution in [0.2, 0.25) is 0 Å². The van der Waals surface area contributed by atoms with Gasteiger partial charge in [0.05, 0.1) is 11.1 Å². The molecular weight excluding hydrogens is 339 g/mol. The summed E-state index contributed by atoms with van der Waals surface area (Å²) in [6.45, 7) is 0.258. The number of hydrogen-bond donors (Lipinski definition) is 0. The van der Waals surface area contributed by atoms with Gasteiger partial charge in [-0.25, -0.2) is 0 Å². The van der Waals surface area contributed by atoms with Gasteiger partial charge in [0.1, 0.15) is 6.07 Å². The Balaban J connectivity index is 1.79. The third-order valence-electron chi connectivity index (χ3n) is 6.45. The lowest BCUT2D eigenvalue weighted by Gasteiger charge is -2.24. The molecule has 5 aromatic rings. The monoisotopic (exact) mass is 352 g/mol. The minimum absolute atomic E-state index is 0.258. The van der Waals surface area contributed by atoms with Gasteiger partial charge in [-0.05, 0) is 34.2 Å². The predicted octanol–water partition coefficient (Wildman–Crippen LogP) is 3.47. The molecule has 0 saturated carbocycles. The number of rotatable bonds is 0. The van der Waals surface area contributed by atoms with E-state index in [9.17, 15) is 5.26 Å². The van der Waals surface area contributed by atoms with Gasteiger partial charge in [-0.1, -0.05) is 72.2 Å². The van der Waals surface area contributed by atoms with Crippen LogP contribution >= 0.6 is 0 Å². The van der Waals surface area contributed by atoms with Gasteiger partial charge < -0.3 is 4.57 Å². The van der Waals surface area contributed by atoms with Crippen molar-refractivity contribution in [3.63, 3.8) is 0 Å². The maximum Gasteiger partial charge on any atom is 0.248 e. The zero-order valence-electron chi connectivity index (χ0n) is 15.0. The van der Waals surface area contributed by atoms with Gasteiger partial charge in [-0.3, -0.25) is 0 Å². The zero-order valence-corrected chi connectivity index (χ0v) is 15.0. The molecule has 2 nitrogen and oxygen atoms in total. The lowest BCUT2D eigenvalue weighted by molar-refractivity contribution is 1.19. The molecule has 0 amide bonds. The van der Waals surface area contributed by atoms with Gasteiger partial charge in [-0.15, -0.1) is 0 Å². The summed E-state index contributed by atoms with van der Waals surface area (Å²) in [6.07, 6.45) is 0. The van der Waals surface area contributed by atoms with E-state index in [4.69, 9.17) is 0 Å². The van der Waals surface area contributed by atoms with Crippen molar-refractivity contribution in [2.24, 2.45) is 0 Å². The fourth-order valence-electron chi connectivity index (χ4n) is 5.46. The number of nitriles is 1. The van der Waals surface area contributed by atoms with Crippen molar-refractivity contribution in [2.75, 3.05) is 0 Å². The minimum Gasteiger partial charge on any atom is -0.309 e. The molecule has 0 radical (unpaired) electrons. The van der Waals surface area contributed by atoms with Crippen molar-refractivity contribution >= 4 is 44.9 Å². The van der Waals surface area contributed by atoms with E-state index in [1.165, 1.54) is 44.1 Å². The first-order chi connectivity index (χ1) is 13.9. The molecule has 2 aliphatic rings. The highest BCUT2D eigenvalue weighted by Crippen LogP contribution is 2.37. The Hall–Kier alpha value is -3.77. The maximum atomic E-state index is 9.81. The molecule has 0 aliphatic carbocycles. The number of nitrogens with zero attached hydrogens (tertiary/aromatic N) is 2. The van der Waals surface area contributed by atoms with E-state index in [2.05, 4.69) is 77.4 Å². The fourth-order valence-corrected chi connectivity index (χ4v) is 5.46. The molecule has 126 valence electrons. The van der Waals surface area contributed by atoms with Crippen molar-refractivity contribution < 1.29 is 0 Å². The Morgan fingerprint density at radius 2 is 1.39 bits per heavy atom. The molecule has 7 rings (SSSR count). The van der Waals surface area contributed by atoms with Crippen LogP contribution in [0.25, 0.3) is 38.6 Å². The van der Waals surface area contributed by atoms with E-state index in [1.54, 1.807) is 0 Å². The molecule has 0 saturated heterocycles.